The van der Waals surface area contributed by atoms with Gasteiger partial charge in [-0.2, -0.15) is 0 Å². The number of benzene rings is 4. The predicted octanol–water partition coefficient (Wildman–Crippen LogP) is 5.89. The number of aryl methyl sites for hydroxylation is 1. The number of carbonyl (C=O) groups is 3. The second-order valence-corrected chi connectivity index (χ2v) is 10.2. The summed E-state index contributed by atoms with van der Waals surface area (Å²) in [7, 11) is 0. The molecule has 2 aliphatic rings. The summed E-state index contributed by atoms with van der Waals surface area (Å²) in [5.74, 6) is 0.135. The molecule has 7 rings (SSSR count). The fraction of sp³-hybridized carbons (Fsp3) is 0.118. The molecule has 0 N–H and O–H groups in total. The van der Waals surface area contributed by atoms with Crippen molar-refractivity contribution in [2.45, 2.75) is 19.9 Å². The van der Waals surface area contributed by atoms with E-state index < -0.39 is 17.8 Å². The molecule has 0 radical (unpaired) electrons. The van der Waals surface area contributed by atoms with E-state index in [-0.39, 0.29) is 57.9 Å². The molecule has 0 aliphatic carbocycles. The SMILES string of the molecule is CCc1ccccc1Oc1coc2cc(OC(=O)c3ccc4c(c3)C(=O)N(Cc3ccc5c(c3)OCO5)C4=O)ccc2c1=O. The lowest BCUT2D eigenvalue weighted by Gasteiger charge is -2.14. The van der Waals surface area contributed by atoms with Crippen LogP contribution in [0.1, 0.15) is 49.1 Å². The molecule has 0 spiro atoms. The van der Waals surface area contributed by atoms with Crippen LogP contribution in [0.3, 0.4) is 0 Å². The average Bonchev–Trinajstić information content (AvgIpc) is 3.60. The van der Waals surface area contributed by atoms with Gasteiger partial charge in [0.1, 0.15) is 23.3 Å². The van der Waals surface area contributed by atoms with Crippen molar-refractivity contribution in [2.24, 2.45) is 0 Å². The summed E-state index contributed by atoms with van der Waals surface area (Å²) in [6, 6.07) is 21.2. The summed E-state index contributed by atoms with van der Waals surface area (Å²) in [6.07, 6.45) is 1.96. The Kier molecular flexibility index (Phi) is 6.58. The number of hydrogen-bond donors (Lipinski definition) is 0. The van der Waals surface area contributed by atoms with Gasteiger partial charge in [0.15, 0.2) is 11.5 Å². The van der Waals surface area contributed by atoms with Gasteiger partial charge >= 0.3 is 5.97 Å². The number of amides is 2. The Hall–Kier alpha value is -5.90. The highest BCUT2D eigenvalue weighted by Gasteiger charge is 2.36. The van der Waals surface area contributed by atoms with E-state index in [2.05, 4.69) is 0 Å². The third-order valence-electron chi connectivity index (χ3n) is 7.48. The third kappa shape index (κ3) is 4.72. The van der Waals surface area contributed by atoms with E-state index in [0.29, 0.717) is 22.8 Å². The summed E-state index contributed by atoms with van der Waals surface area (Å²) in [5, 5.41) is 0.250. The fourth-order valence-electron chi connectivity index (χ4n) is 5.19. The van der Waals surface area contributed by atoms with Crippen LogP contribution in [0.2, 0.25) is 0 Å². The topological polar surface area (TPSA) is 122 Å². The number of hydrogen-bond acceptors (Lipinski definition) is 9. The fourth-order valence-corrected chi connectivity index (χ4v) is 5.19. The van der Waals surface area contributed by atoms with Crippen LogP contribution in [0.5, 0.6) is 28.7 Å². The van der Waals surface area contributed by atoms with E-state index in [0.717, 1.165) is 16.9 Å². The average molecular weight is 590 g/mol. The quantitative estimate of drug-likeness (QED) is 0.130. The molecule has 5 aromatic rings. The van der Waals surface area contributed by atoms with Crippen molar-refractivity contribution in [1.82, 2.24) is 4.90 Å². The van der Waals surface area contributed by atoms with Crippen LogP contribution in [-0.4, -0.2) is 29.5 Å². The molecule has 1 aromatic heterocycles. The Balaban J connectivity index is 1.08. The van der Waals surface area contributed by atoms with Crippen molar-refractivity contribution in [3.63, 3.8) is 0 Å². The molecular weight excluding hydrogens is 566 g/mol. The minimum absolute atomic E-state index is 0.0307. The van der Waals surface area contributed by atoms with Crippen molar-refractivity contribution in [1.29, 1.82) is 0 Å². The summed E-state index contributed by atoms with van der Waals surface area (Å²) < 4.78 is 27.7. The number of nitrogens with zero attached hydrogens (tertiary/aromatic N) is 1. The molecule has 2 amide bonds. The Morgan fingerprint density at radius 2 is 1.66 bits per heavy atom. The predicted molar refractivity (Wildman–Crippen MR) is 157 cm³/mol. The summed E-state index contributed by atoms with van der Waals surface area (Å²) in [6.45, 7) is 2.14. The van der Waals surface area contributed by atoms with Crippen molar-refractivity contribution in [3.05, 3.63) is 123 Å². The van der Waals surface area contributed by atoms with E-state index in [1.54, 1.807) is 24.3 Å². The molecule has 0 saturated carbocycles. The smallest absolute Gasteiger partial charge is 0.343 e. The zero-order valence-corrected chi connectivity index (χ0v) is 23.3. The zero-order valence-electron chi connectivity index (χ0n) is 23.3. The van der Waals surface area contributed by atoms with Gasteiger partial charge in [0, 0.05) is 6.07 Å². The van der Waals surface area contributed by atoms with Crippen LogP contribution >= 0.6 is 0 Å². The third-order valence-corrected chi connectivity index (χ3v) is 7.48. The van der Waals surface area contributed by atoms with Gasteiger partial charge in [0.05, 0.1) is 28.6 Å². The molecule has 44 heavy (non-hydrogen) atoms. The first-order chi connectivity index (χ1) is 21.4. The second-order valence-electron chi connectivity index (χ2n) is 10.2. The monoisotopic (exact) mass is 589 g/mol. The van der Waals surface area contributed by atoms with Gasteiger partial charge < -0.3 is 23.4 Å². The number of ether oxygens (including phenoxy) is 4. The highest BCUT2D eigenvalue weighted by atomic mass is 16.7. The second kappa shape index (κ2) is 10.7. The standard InChI is InChI=1S/C34H23NO9/c1-2-20-5-3-4-6-26(20)44-30-17-40-28-15-22(9-11-24(28)31(30)36)43-34(39)21-8-10-23-25(14-21)33(38)35(32(23)37)16-19-7-12-27-29(13-19)42-18-41-27/h3-15,17H,2,16,18H2,1H3. The summed E-state index contributed by atoms with van der Waals surface area (Å²) in [4.78, 5) is 53.4. The van der Waals surface area contributed by atoms with Gasteiger partial charge in [-0.25, -0.2) is 4.79 Å². The Labute approximate surface area is 249 Å². The number of fused-ring (bicyclic) bond motifs is 3. The molecule has 2 aliphatic heterocycles. The highest BCUT2D eigenvalue weighted by Crippen LogP contribution is 2.34. The van der Waals surface area contributed by atoms with Crippen LogP contribution in [0.25, 0.3) is 11.0 Å². The number of carbonyl (C=O) groups excluding carboxylic acids is 3. The van der Waals surface area contributed by atoms with Crippen LogP contribution < -0.4 is 24.4 Å². The van der Waals surface area contributed by atoms with Gasteiger partial charge in [-0.1, -0.05) is 31.2 Å². The molecule has 0 atom stereocenters. The molecule has 218 valence electrons. The lowest BCUT2D eigenvalue weighted by molar-refractivity contribution is 0.0641. The first-order valence-corrected chi connectivity index (χ1v) is 13.8. The van der Waals surface area contributed by atoms with E-state index in [9.17, 15) is 19.2 Å². The molecular formula is C34H23NO9. The summed E-state index contributed by atoms with van der Waals surface area (Å²) in [5.41, 5.74) is 1.84. The van der Waals surface area contributed by atoms with Crippen LogP contribution in [-0.2, 0) is 13.0 Å². The maximum absolute atomic E-state index is 13.2. The lowest BCUT2D eigenvalue weighted by atomic mass is 10.1. The van der Waals surface area contributed by atoms with E-state index in [1.165, 1.54) is 42.7 Å². The lowest BCUT2D eigenvalue weighted by Crippen LogP contribution is -2.29. The molecule has 0 unspecified atom stereocenters. The maximum Gasteiger partial charge on any atom is 0.343 e. The highest BCUT2D eigenvalue weighted by molar-refractivity contribution is 6.21. The first kappa shape index (κ1) is 27.0. The molecule has 0 bridgehead atoms. The van der Waals surface area contributed by atoms with Crippen LogP contribution in [0.15, 0.2) is 94.3 Å². The molecule has 0 saturated heterocycles. The Morgan fingerprint density at radius 1 is 0.841 bits per heavy atom. The minimum atomic E-state index is -0.750. The number of imide groups is 1. The summed E-state index contributed by atoms with van der Waals surface area (Å²) >= 11 is 0. The minimum Gasteiger partial charge on any atom is -0.460 e. The first-order valence-electron chi connectivity index (χ1n) is 13.8. The molecule has 4 aromatic carbocycles. The van der Waals surface area contributed by atoms with Gasteiger partial charge in [-0.3, -0.25) is 19.3 Å². The molecule has 0 fully saturated rings. The molecule has 10 nitrogen and oxygen atoms in total. The Morgan fingerprint density at radius 3 is 2.52 bits per heavy atom. The number of esters is 1. The van der Waals surface area contributed by atoms with Gasteiger partial charge in [-0.05, 0) is 66.1 Å². The van der Waals surface area contributed by atoms with Crippen LogP contribution in [0, 0.1) is 0 Å². The van der Waals surface area contributed by atoms with Crippen molar-refractivity contribution in [3.8, 4) is 28.7 Å². The van der Waals surface area contributed by atoms with E-state index >= 15 is 0 Å². The molecule has 3 heterocycles. The normalized spacial score (nSPS) is 13.3. The van der Waals surface area contributed by atoms with Crippen molar-refractivity contribution >= 4 is 28.8 Å². The van der Waals surface area contributed by atoms with Gasteiger partial charge in [0.25, 0.3) is 11.8 Å². The van der Waals surface area contributed by atoms with E-state index in [1.807, 2.05) is 25.1 Å². The largest absolute Gasteiger partial charge is 0.460 e. The number of para-hydroxylation sites is 1. The van der Waals surface area contributed by atoms with Gasteiger partial charge in [-0.15, -0.1) is 0 Å². The van der Waals surface area contributed by atoms with Crippen LogP contribution in [0.4, 0.5) is 0 Å². The van der Waals surface area contributed by atoms with Crippen molar-refractivity contribution in [2.75, 3.05) is 6.79 Å². The number of rotatable bonds is 7. The molecule has 10 heteroatoms. The maximum atomic E-state index is 13.2. The Bertz CT molecular complexity index is 2060. The van der Waals surface area contributed by atoms with Gasteiger partial charge in [0.2, 0.25) is 18.0 Å². The zero-order chi connectivity index (χ0) is 30.4. The van der Waals surface area contributed by atoms with E-state index in [4.69, 9.17) is 23.4 Å². The van der Waals surface area contributed by atoms with Crippen molar-refractivity contribution < 1.29 is 37.7 Å².